The number of amides is 3. The van der Waals surface area contributed by atoms with E-state index in [1.807, 2.05) is 47.4 Å². The van der Waals surface area contributed by atoms with Crippen LogP contribution in [0.5, 0.6) is 5.75 Å². The van der Waals surface area contributed by atoms with Crippen LogP contribution in [0.3, 0.4) is 0 Å². The van der Waals surface area contributed by atoms with E-state index >= 15 is 0 Å². The molecule has 0 aromatic heterocycles. The molecule has 3 aromatic carbocycles. The molecule has 0 bridgehead atoms. The average molecular weight is 591 g/mol. The van der Waals surface area contributed by atoms with Gasteiger partial charge in [0.1, 0.15) is 5.75 Å². The van der Waals surface area contributed by atoms with Crippen molar-refractivity contribution in [2.24, 2.45) is 0 Å². The van der Waals surface area contributed by atoms with Gasteiger partial charge in [-0.05, 0) is 68.8 Å². The van der Waals surface area contributed by atoms with Crippen LogP contribution in [-0.4, -0.2) is 81.5 Å². The topological polar surface area (TPSA) is 73.4 Å². The van der Waals surface area contributed by atoms with Crippen molar-refractivity contribution in [3.05, 3.63) is 88.9 Å². The Bertz CT molecular complexity index is 1380. The van der Waals surface area contributed by atoms with E-state index < -0.39 is 0 Å². The lowest BCUT2D eigenvalue weighted by molar-refractivity contribution is -0.132. The Morgan fingerprint density at radius 1 is 0.810 bits per heavy atom. The number of unbranched alkanes of at least 4 members (excludes halogenated alkanes) is 2. The molecule has 3 aromatic rings. The van der Waals surface area contributed by atoms with E-state index in [2.05, 4.69) is 11.9 Å². The van der Waals surface area contributed by atoms with Gasteiger partial charge in [0.05, 0.1) is 22.9 Å². The summed E-state index contributed by atoms with van der Waals surface area (Å²) >= 11 is 6.55. The molecule has 42 heavy (non-hydrogen) atoms. The van der Waals surface area contributed by atoms with Crippen LogP contribution in [0.2, 0.25) is 5.02 Å². The maximum Gasteiger partial charge on any atom is 0.259 e. The fourth-order valence-corrected chi connectivity index (χ4v) is 5.13. The lowest BCUT2D eigenvalue weighted by atomic mass is 10.1. The number of nitrogens with zero attached hydrogens (tertiary/aromatic N) is 4. The van der Waals surface area contributed by atoms with Crippen molar-refractivity contribution in [1.29, 1.82) is 0 Å². The number of hydrogen-bond donors (Lipinski definition) is 0. The third-order valence-corrected chi connectivity index (χ3v) is 7.89. The smallest absolute Gasteiger partial charge is 0.259 e. The summed E-state index contributed by atoms with van der Waals surface area (Å²) in [5.41, 5.74) is 2.10. The molecule has 3 amide bonds. The minimum absolute atomic E-state index is 0.171. The highest BCUT2D eigenvalue weighted by molar-refractivity contribution is 6.35. The molecule has 1 aliphatic heterocycles. The lowest BCUT2D eigenvalue weighted by Gasteiger charge is -2.32. The quantitative estimate of drug-likeness (QED) is 0.272. The van der Waals surface area contributed by atoms with Crippen molar-refractivity contribution in [1.82, 2.24) is 9.80 Å². The number of carbonyl (C=O) groups is 3. The maximum atomic E-state index is 13.4. The van der Waals surface area contributed by atoms with E-state index in [-0.39, 0.29) is 22.7 Å². The number of piperazine rings is 1. The lowest BCUT2D eigenvalue weighted by Crippen LogP contribution is -2.47. The number of ether oxygens (including phenoxy) is 1. The van der Waals surface area contributed by atoms with E-state index in [9.17, 15) is 14.4 Å². The molecule has 0 N–H and O–H groups in total. The van der Waals surface area contributed by atoms with Crippen molar-refractivity contribution in [3.63, 3.8) is 0 Å². The standard InChI is InChI=1S/C33H39ClN4O4/c1-35-19-21-38(22-20-35)31(39)16-8-5-11-23-42-30-15-10-9-14-29(30)37(3)33(41)27-18-17-26(24-28(27)34)36(2)32(40)25-12-6-4-7-13-25/h4,6-7,9-10,12-15,17-18,24H,5,8,11,16,19-23H2,1-3H3. The minimum Gasteiger partial charge on any atom is -0.491 e. The Morgan fingerprint density at radius 2 is 1.50 bits per heavy atom. The fourth-order valence-electron chi connectivity index (χ4n) is 4.88. The molecular formula is C33H39ClN4O4. The summed E-state index contributed by atoms with van der Waals surface area (Å²) in [5, 5.41) is 0.251. The summed E-state index contributed by atoms with van der Waals surface area (Å²) in [6.45, 7) is 3.96. The van der Waals surface area contributed by atoms with Gasteiger partial charge in [-0.2, -0.15) is 0 Å². The highest BCUT2D eigenvalue weighted by Gasteiger charge is 2.22. The molecule has 1 fully saturated rings. The molecule has 0 spiro atoms. The van der Waals surface area contributed by atoms with Gasteiger partial charge in [-0.15, -0.1) is 0 Å². The Hall–Kier alpha value is -3.88. The molecule has 0 saturated carbocycles. The van der Waals surface area contributed by atoms with E-state index in [0.717, 1.165) is 45.4 Å². The molecule has 4 rings (SSSR count). The maximum absolute atomic E-state index is 13.4. The van der Waals surface area contributed by atoms with Crippen LogP contribution in [0.1, 0.15) is 46.4 Å². The Balaban J connectivity index is 1.30. The summed E-state index contributed by atoms with van der Waals surface area (Å²) in [5.74, 6) is 0.371. The summed E-state index contributed by atoms with van der Waals surface area (Å²) in [6.07, 6.45) is 3.09. The number of rotatable bonds is 11. The van der Waals surface area contributed by atoms with E-state index in [4.69, 9.17) is 16.3 Å². The molecule has 0 aliphatic carbocycles. The minimum atomic E-state index is -0.290. The van der Waals surface area contributed by atoms with Crippen molar-refractivity contribution in [2.45, 2.75) is 25.7 Å². The van der Waals surface area contributed by atoms with Crippen LogP contribution in [-0.2, 0) is 4.79 Å². The molecule has 8 nitrogen and oxygen atoms in total. The van der Waals surface area contributed by atoms with Gasteiger partial charge in [0, 0.05) is 57.9 Å². The Labute approximate surface area is 253 Å². The highest BCUT2D eigenvalue weighted by Crippen LogP contribution is 2.31. The molecule has 9 heteroatoms. The van der Waals surface area contributed by atoms with Crippen LogP contribution in [0.15, 0.2) is 72.8 Å². The predicted octanol–water partition coefficient (Wildman–Crippen LogP) is 5.61. The Morgan fingerprint density at radius 3 is 2.21 bits per heavy atom. The number of carbonyl (C=O) groups excluding carboxylic acids is 3. The summed E-state index contributed by atoms with van der Waals surface area (Å²) in [4.78, 5) is 45.9. The van der Waals surface area contributed by atoms with Crippen LogP contribution in [0, 0.1) is 0 Å². The first-order chi connectivity index (χ1) is 20.3. The molecule has 1 aliphatic rings. The van der Waals surface area contributed by atoms with Gasteiger partial charge < -0.3 is 24.3 Å². The van der Waals surface area contributed by atoms with Gasteiger partial charge in [-0.25, -0.2) is 0 Å². The second-order valence-electron chi connectivity index (χ2n) is 10.6. The molecule has 222 valence electrons. The van der Waals surface area contributed by atoms with Crippen LogP contribution < -0.4 is 14.5 Å². The zero-order valence-corrected chi connectivity index (χ0v) is 25.3. The second kappa shape index (κ2) is 14.8. The number of anilines is 2. The molecule has 0 unspecified atom stereocenters. The van der Waals surface area contributed by atoms with Crippen LogP contribution in [0.4, 0.5) is 11.4 Å². The summed E-state index contributed by atoms with van der Waals surface area (Å²) < 4.78 is 6.06. The van der Waals surface area contributed by atoms with Gasteiger partial charge in [-0.3, -0.25) is 14.4 Å². The molecule has 1 saturated heterocycles. The first-order valence-corrected chi connectivity index (χ1v) is 14.7. The zero-order chi connectivity index (χ0) is 30.1. The third kappa shape index (κ3) is 7.89. The molecular weight excluding hydrogens is 552 g/mol. The number of benzene rings is 3. The zero-order valence-electron chi connectivity index (χ0n) is 24.6. The van der Waals surface area contributed by atoms with Crippen molar-refractivity contribution < 1.29 is 19.1 Å². The fraction of sp³-hybridized carbons (Fsp3) is 0.364. The number of hydrogen-bond acceptors (Lipinski definition) is 5. The van der Waals surface area contributed by atoms with Gasteiger partial charge in [-0.1, -0.05) is 41.9 Å². The summed E-state index contributed by atoms with van der Waals surface area (Å²) in [7, 11) is 5.44. The molecule has 1 heterocycles. The Kier molecular flexibility index (Phi) is 11.0. The third-order valence-electron chi connectivity index (χ3n) is 7.58. The number of halogens is 1. The van der Waals surface area contributed by atoms with Crippen molar-refractivity contribution >= 4 is 40.7 Å². The first kappa shape index (κ1) is 31.1. The first-order valence-electron chi connectivity index (χ1n) is 14.3. The van der Waals surface area contributed by atoms with Gasteiger partial charge >= 0.3 is 0 Å². The van der Waals surface area contributed by atoms with Crippen molar-refractivity contribution in [2.75, 3.05) is 63.7 Å². The SMILES string of the molecule is CN1CCN(C(=O)CCCCCOc2ccccc2N(C)C(=O)c2ccc(N(C)C(=O)c3ccccc3)cc2Cl)CC1. The van der Waals surface area contributed by atoms with E-state index in [1.54, 1.807) is 44.4 Å². The van der Waals surface area contributed by atoms with Crippen LogP contribution in [0.25, 0.3) is 0 Å². The van der Waals surface area contributed by atoms with E-state index in [1.165, 1.54) is 9.80 Å². The van der Waals surface area contributed by atoms with Crippen molar-refractivity contribution in [3.8, 4) is 5.75 Å². The monoisotopic (exact) mass is 590 g/mol. The number of likely N-dealkylation sites (N-methyl/N-ethyl adjacent to an activating group) is 1. The summed E-state index contributed by atoms with van der Waals surface area (Å²) in [6, 6.07) is 21.3. The number of para-hydroxylation sites is 2. The molecule has 0 radical (unpaired) electrons. The average Bonchev–Trinajstić information content (AvgIpc) is 3.02. The largest absolute Gasteiger partial charge is 0.491 e. The predicted molar refractivity (Wildman–Crippen MR) is 168 cm³/mol. The molecule has 0 atom stereocenters. The highest BCUT2D eigenvalue weighted by atomic mass is 35.5. The van der Waals surface area contributed by atoms with Gasteiger partial charge in [0.2, 0.25) is 5.91 Å². The second-order valence-corrected chi connectivity index (χ2v) is 11.0. The normalized spacial score (nSPS) is 13.5. The van der Waals surface area contributed by atoms with Gasteiger partial charge in [0.25, 0.3) is 11.8 Å². The van der Waals surface area contributed by atoms with E-state index in [0.29, 0.717) is 41.3 Å². The van der Waals surface area contributed by atoms with Gasteiger partial charge in [0.15, 0.2) is 0 Å². The van der Waals surface area contributed by atoms with Crippen LogP contribution >= 0.6 is 11.6 Å².